The normalized spacial score (nSPS) is 23.2. The Morgan fingerprint density at radius 1 is 1.42 bits per heavy atom. The van der Waals surface area contributed by atoms with Gasteiger partial charge in [0.15, 0.2) is 0 Å². The average Bonchev–Trinajstić information content (AvgIpc) is 2.82. The number of hydrogen-bond acceptors (Lipinski definition) is 4. The molecule has 0 radical (unpaired) electrons. The largest absolute Gasteiger partial charge is 0.330 e. The zero-order chi connectivity index (χ0) is 13.8. The molecule has 106 valence electrons. The average molecular weight is 283 g/mol. The maximum atomic E-state index is 6.00. The Morgan fingerprint density at radius 2 is 2.21 bits per heavy atom. The van der Waals surface area contributed by atoms with Crippen LogP contribution in [-0.2, 0) is 6.54 Å². The van der Waals surface area contributed by atoms with Gasteiger partial charge >= 0.3 is 0 Å². The predicted molar refractivity (Wildman–Crippen MR) is 78.0 cm³/mol. The van der Waals surface area contributed by atoms with Crippen LogP contribution in [0.5, 0.6) is 0 Å². The van der Waals surface area contributed by atoms with Crippen LogP contribution in [0, 0.1) is 12.8 Å². The van der Waals surface area contributed by atoms with Gasteiger partial charge in [-0.15, -0.1) is 0 Å². The van der Waals surface area contributed by atoms with Crippen LogP contribution < -0.4 is 5.73 Å². The molecular weight excluding hydrogens is 260 g/mol. The summed E-state index contributed by atoms with van der Waals surface area (Å²) in [5.41, 5.74) is 6.80. The van der Waals surface area contributed by atoms with Crippen LogP contribution in [0.25, 0.3) is 0 Å². The van der Waals surface area contributed by atoms with E-state index in [1.54, 1.807) is 6.07 Å². The molecular formula is C14H23ClN4. The van der Waals surface area contributed by atoms with E-state index in [2.05, 4.69) is 21.8 Å². The van der Waals surface area contributed by atoms with Gasteiger partial charge in [-0.3, -0.25) is 4.90 Å². The van der Waals surface area contributed by atoms with Crippen molar-refractivity contribution in [2.45, 2.75) is 45.7 Å². The van der Waals surface area contributed by atoms with Gasteiger partial charge < -0.3 is 5.73 Å². The second-order valence-electron chi connectivity index (χ2n) is 5.31. The van der Waals surface area contributed by atoms with Crippen LogP contribution >= 0.6 is 11.6 Å². The van der Waals surface area contributed by atoms with Crippen LogP contribution in [0.4, 0.5) is 0 Å². The van der Waals surface area contributed by atoms with Gasteiger partial charge in [0.25, 0.3) is 0 Å². The summed E-state index contributed by atoms with van der Waals surface area (Å²) in [7, 11) is 0. The van der Waals surface area contributed by atoms with E-state index < -0.39 is 0 Å². The Kier molecular flexibility index (Phi) is 5.13. The fourth-order valence-electron chi connectivity index (χ4n) is 3.08. The molecule has 2 N–H and O–H groups in total. The molecule has 0 aromatic carbocycles. The lowest BCUT2D eigenvalue weighted by Crippen LogP contribution is -2.40. The minimum atomic E-state index is 0.528. The summed E-state index contributed by atoms with van der Waals surface area (Å²) in [6, 6.07) is 2.36. The van der Waals surface area contributed by atoms with Crippen molar-refractivity contribution >= 4 is 11.6 Å². The molecule has 4 nitrogen and oxygen atoms in total. The molecule has 1 heterocycles. The molecule has 1 saturated carbocycles. The topological polar surface area (TPSA) is 55.0 Å². The van der Waals surface area contributed by atoms with Crippen molar-refractivity contribution in [3.05, 3.63) is 22.7 Å². The Bertz CT molecular complexity index is 404. The van der Waals surface area contributed by atoms with Crippen molar-refractivity contribution in [2.24, 2.45) is 11.7 Å². The van der Waals surface area contributed by atoms with Crippen LogP contribution in [0.2, 0.25) is 5.15 Å². The van der Waals surface area contributed by atoms with Gasteiger partial charge in [0.05, 0.1) is 6.54 Å². The van der Waals surface area contributed by atoms with Crippen molar-refractivity contribution < 1.29 is 0 Å². The van der Waals surface area contributed by atoms with Gasteiger partial charge in [0, 0.05) is 11.7 Å². The number of halogens is 1. The molecule has 1 fully saturated rings. The number of nitrogens with two attached hydrogens (primary N) is 1. The Labute approximate surface area is 120 Å². The molecule has 19 heavy (non-hydrogen) atoms. The smallest absolute Gasteiger partial charge is 0.144 e. The Balaban J connectivity index is 2.10. The maximum absolute atomic E-state index is 6.00. The standard InChI is InChI=1S/C14H23ClN4/c1-3-19(12-6-4-5-11(12)8-16)9-14-17-10(2)7-13(15)18-14/h7,11-12H,3-6,8-9,16H2,1-2H3. The highest BCUT2D eigenvalue weighted by atomic mass is 35.5. The SMILES string of the molecule is CCN(Cc1nc(C)cc(Cl)n1)C1CCCC1CN. The van der Waals surface area contributed by atoms with E-state index in [0.717, 1.165) is 31.2 Å². The maximum Gasteiger partial charge on any atom is 0.144 e. The molecule has 0 amide bonds. The van der Waals surface area contributed by atoms with Gasteiger partial charge in [-0.25, -0.2) is 9.97 Å². The lowest BCUT2D eigenvalue weighted by Gasteiger charge is -2.31. The molecule has 0 saturated heterocycles. The third kappa shape index (κ3) is 3.65. The van der Waals surface area contributed by atoms with Gasteiger partial charge in [-0.05, 0) is 44.8 Å². The van der Waals surface area contributed by atoms with E-state index >= 15 is 0 Å². The first-order valence-corrected chi connectivity index (χ1v) is 7.46. The third-order valence-corrected chi connectivity index (χ3v) is 4.20. The van der Waals surface area contributed by atoms with Crippen LogP contribution in [0.1, 0.15) is 37.7 Å². The number of aryl methyl sites for hydroxylation is 1. The van der Waals surface area contributed by atoms with Gasteiger partial charge in [-0.1, -0.05) is 24.9 Å². The lowest BCUT2D eigenvalue weighted by molar-refractivity contribution is 0.158. The van der Waals surface area contributed by atoms with Crippen molar-refractivity contribution in [1.29, 1.82) is 0 Å². The minimum Gasteiger partial charge on any atom is -0.330 e. The van der Waals surface area contributed by atoms with E-state index in [1.165, 1.54) is 19.3 Å². The third-order valence-electron chi connectivity index (χ3n) is 4.01. The number of hydrogen-bond donors (Lipinski definition) is 1. The fraction of sp³-hybridized carbons (Fsp3) is 0.714. The second-order valence-corrected chi connectivity index (χ2v) is 5.69. The zero-order valence-corrected chi connectivity index (χ0v) is 12.5. The summed E-state index contributed by atoms with van der Waals surface area (Å²) in [4.78, 5) is 11.2. The highest BCUT2D eigenvalue weighted by molar-refractivity contribution is 6.29. The highest BCUT2D eigenvalue weighted by Crippen LogP contribution is 2.29. The van der Waals surface area contributed by atoms with Crippen LogP contribution in [0.3, 0.4) is 0 Å². The molecule has 5 heteroatoms. The minimum absolute atomic E-state index is 0.528. The molecule has 1 aliphatic carbocycles. The predicted octanol–water partition coefficient (Wildman–Crippen LogP) is 2.39. The number of aromatic nitrogens is 2. The summed E-state index contributed by atoms with van der Waals surface area (Å²) >= 11 is 6.00. The first-order chi connectivity index (χ1) is 9.13. The van der Waals surface area contributed by atoms with Crippen molar-refractivity contribution in [2.75, 3.05) is 13.1 Å². The molecule has 0 spiro atoms. The molecule has 2 rings (SSSR count). The lowest BCUT2D eigenvalue weighted by atomic mass is 10.0. The molecule has 2 unspecified atom stereocenters. The summed E-state index contributed by atoms with van der Waals surface area (Å²) in [6.45, 7) is 6.67. The zero-order valence-electron chi connectivity index (χ0n) is 11.8. The molecule has 1 aliphatic rings. The van der Waals surface area contributed by atoms with E-state index in [4.69, 9.17) is 17.3 Å². The molecule has 2 atom stereocenters. The van der Waals surface area contributed by atoms with Gasteiger partial charge in [0.2, 0.25) is 0 Å². The molecule has 0 aliphatic heterocycles. The first-order valence-electron chi connectivity index (χ1n) is 7.08. The van der Waals surface area contributed by atoms with Gasteiger partial charge in [-0.2, -0.15) is 0 Å². The van der Waals surface area contributed by atoms with E-state index in [0.29, 0.717) is 17.1 Å². The van der Waals surface area contributed by atoms with Crippen molar-refractivity contribution in [3.8, 4) is 0 Å². The van der Waals surface area contributed by atoms with E-state index in [-0.39, 0.29) is 0 Å². The Hall–Kier alpha value is -0.710. The summed E-state index contributed by atoms with van der Waals surface area (Å²) in [5.74, 6) is 1.43. The monoisotopic (exact) mass is 282 g/mol. The number of rotatable bonds is 5. The Morgan fingerprint density at radius 3 is 2.84 bits per heavy atom. The molecule has 1 aromatic heterocycles. The van der Waals surface area contributed by atoms with Crippen molar-refractivity contribution in [1.82, 2.24) is 14.9 Å². The molecule has 0 bridgehead atoms. The first kappa shape index (κ1) is 14.7. The van der Waals surface area contributed by atoms with Crippen LogP contribution in [-0.4, -0.2) is 34.0 Å². The fourth-order valence-corrected chi connectivity index (χ4v) is 3.33. The summed E-state index contributed by atoms with van der Waals surface area (Å²) < 4.78 is 0. The van der Waals surface area contributed by atoms with Crippen molar-refractivity contribution in [3.63, 3.8) is 0 Å². The van der Waals surface area contributed by atoms with Gasteiger partial charge in [0.1, 0.15) is 11.0 Å². The molecule has 1 aromatic rings. The highest BCUT2D eigenvalue weighted by Gasteiger charge is 2.30. The van der Waals surface area contributed by atoms with E-state index in [1.807, 2.05) is 6.92 Å². The quantitative estimate of drug-likeness (QED) is 0.843. The second kappa shape index (κ2) is 6.64. The summed E-state index contributed by atoms with van der Waals surface area (Å²) in [5, 5.41) is 0.528. The summed E-state index contributed by atoms with van der Waals surface area (Å²) in [6.07, 6.45) is 3.75. The van der Waals surface area contributed by atoms with Crippen LogP contribution in [0.15, 0.2) is 6.07 Å². The number of nitrogens with zero attached hydrogens (tertiary/aromatic N) is 3. The van der Waals surface area contributed by atoms with E-state index in [9.17, 15) is 0 Å².